The summed E-state index contributed by atoms with van der Waals surface area (Å²) >= 11 is 0. The Morgan fingerprint density at radius 3 is 2.25 bits per heavy atom. The lowest BCUT2D eigenvalue weighted by Gasteiger charge is -2.11. The minimum Gasteiger partial charge on any atom is -0.481 e. The van der Waals surface area contributed by atoms with Crippen molar-refractivity contribution >= 4 is 21.7 Å². The van der Waals surface area contributed by atoms with E-state index in [0.29, 0.717) is 0 Å². The van der Waals surface area contributed by atoms with Gasteiger partial charge in [-0.05, 0) is 25.0 Å². The number of rotatable bonds is 6. The first-order valence-corrected chi connectivity index (χ1v) is 7.10. The summed E-state index contributed by atoms with van der Waals surface area (Å²) in [6.07, 6.45) is -0.343. The Hall–Kier alpha value is -2.00. The quantitative estimate of drug-likeness (QED) is 0.595. The number of nitrogens with zero attached hydrogens (tertiary/aromatic N) is 1. The van der Waals surface area contributed by atoms with Gasteiger partial charge in [0, 0.05) is 18.7 Å². The van der Waals surface area contributed by atoms with E-state index in [9.17, 15) is 23.3 Å². The van der Waals surface area contributed by atoms with Crippen LogP contribution in [0.2, 0.25) is 0 Å². The number of carboxylic acids is 1. The Morgan fingerprint density at radius 2 is 1.85 bits per heavy atom. The van der Waals surface area contributed by atoms with Crippen molar-refractivity contribution in [3.63, 3.8) is 0 Å². The first kappa shape index (κ1) is 16.1. The summed E-state index contributed by atoms with van der Waals surface area (Å²) in [4.78, 5) is 20.4. The number of hydrogen-bond acceptors (Lipinski definition) is 5. The molecule has 0 saturated carbocycles. The van der Waals surface area contributed by atoms with Crippen LogP contribution in [0.15, 0.2) is 17.0 Å². The minimum atomic E-state index is -3.90. The zero-order valence-corrected chi connectivity index (χ0v) is 11.7. The molecule has 1 aromatic carbocycles. The molecule has 2 N–H and O–H groups in total. The monoisotopic (exact) mass is 302 g/mol. The number of nitro benzene ring substituents is 1. The van der Waals surface area contributed by atoms with Crippen molar-refractivity contribution in [2.24, 2.45) is 0 Å². The maximum atomic E-state index is 12.1. The molecule has 1 aromatic rings. The van der Waals surface area contributed by atoms with Crippen LogP contribution in [0.25, 0.3) is 0 Å². The first-order chi connectivity index (χ1) is 9.15. The topological polar surface area (TPSA) is 127 Å². The fourth-order valence-corrected chi connectivity index (χ4v) is 3.30. The number of aryl methyl sites for hydroxylation is 2. The van der Waals surface area contributed by atoms with E-state index >= 15 is 0 Å². The maximum absolute atomic E-state index is 12.1. The second-order valence-electron chi connectivity index (χ2n) is 4.21. The van der Waals surface area contributed by atoms with Crippen LogP contribution < -0.4 is 4.72 Å². The van der Waals surface area contributed by atoms with Crippen molar-refractivity contribution in [2.75, 3.05) is 6.54 Å². The van der Waals surface area contributed by atoms with Gasteiger partial charge in [0.25, 0.3) is 5.69 Å². The molecule has 0 saturated heterocycles. The van der Waals surface area contributed by atoms with Crippen LogP contribution in [-0.4, -0.2) is 31.0 Å². The summed E-state index contributed by atoms with van der Waals surface area (Å²) in [5.74, 6) is -1.12. The van der Waals surface area contributed by atoms with E-state index in [1.54, 1.807) is 0 Å². The van der Waals surface area contributed by atoms with Crippen LogP contribution >= 0.6 is 0 Å². The molecule has 0 aromatic heterocycles. The summed E-state index contributed by atoms with van der Waals surface area (Å²) in [6.45, 7) is 2.66. The predicted molar refractivity (Wildman–Crippen MR) is 70.0 cm³/mol. The highest BCUT2D eigenvalue weighted by molar-refractivity contribution is 7.89. The van der Waals surface area contributed by atoms with E-state index in [4.69, 9.17) is 5.11 Å². The number of nitrogens with one attached hydrogen (secondary N) is 1. The molecule has 110 valence electrons. The van der Waals surface area contributed by atoms with Crippen LogP contribution in [0.5, 0.6) is 0 Å². The highest BCUT2D eigenvalue weighted by atomic mass is 32.2. The van der Waals surface area contributed by atoms with E-state index in [1.165, 1.54) is 26.0 Å². The van der Waals surface area contributed by atoms with E-state index in [2.05, 4.69) is 4.72 Å². The van der Waals surface area contributed by atoms with Crippen molar-refractivity contribution in [3.8, 4) is 0 Å². The van der Waals surface area contributed by atoms with Gasteiger partial charge in [-0.3, -0.25) is 14.9 Å². The van der Waals surface area contributed by atoms with Gasteiger partial charge in [0.2, 0.25) is 10.0 Å². The van der Waals surface area contributed by atoms with Crippen molar-refractivity contribution in [1.29, 1.82) is 0 Å². The van der Waals surface area contributed by atoms with Gasteiger partial charge in [-0.2, -0.15) is 0 Å². The summed E-state index contributed by atoms with van der Waals surface area (Å²) < 4.78 is 26.3. The van der Waals surface area contributed by atoms with Gasteiger partial charge in [0.05, 0.1) is 16.2 Å². The van der Waals surface area contributed by atoms with Crippen LogP contribution in [0.4, 0.5) is 5.69 Å². The van der Waals surface area contributed by atoms with E-state index < -0.39 is 20.9 Å². The third kappa shape index (κ3) is 3.75. The van der Waals surface area contributed by atoms with Gasteiger partial charge in [-0.15, -0.1) is 0 Å². The lowest BCUT2D eigenvalue weighted by molar-refractivity contribution is -0.385. The van der Waals surface area contributed by atoms with Crippen molar-refractivity contribution in [3.05, 3.63) is 33.4 Å². The molecule has 1 rings (SSSR count). The molecule has 0 radical (unpaired) electrons. The minimum absolute atomic E-state index is 0.0616. The molecule has 0 amide bonds. The lowest BCUT2D eigenvalue weighted by atomic mass is 10.1. The van der Waals surface area contributed by atoms with Crippen molar-refractivity contribution < 1.29 is 23.2 Å². The fourth-order valence-electron chi connectivity index (χ4n) is 1.82. The second-order valence-corrected chi connectivity index (χ2v) is 5.91. The smallest absolute Gasteiger partial charge is 0.304 e. The molecule has 0 heterocycles. The molecule has 8 nitrogen and oxygen atoms in total. The number of carbonyl (C=O) groups is 1. The van der Waals surface area contributed by atoms with Gasteiger partial charge >= 0.3 is 5.97 Å². The molecule has 9 heteroatoms. The van der Waals surface area contributed by atoms with Gasteiger partial charge in [-0.1, -0.05) is 0 Å². The fraction of sp³-hybridized carbons (Fsp3) is 0.364. The number of carboxylic acid groups (broad SMARTS) is 1. The Morgan fingerprint density at radius 1 is 1.35 bits per heavy atom. The Kier molecular flexibility index (Phi) is 4.79. The number of hydrogen-bond donors (Lipinski definition) is 2. The molecule has 0 aliphatic rings. The SMILES string of the molecule is Cc1cc([N+](=O)[O-])cc(C)c1S(=O)(=O)NCCC(=O)O. The molecule has 0 atom stereocenters. The Bertz CT molecular complexity index is 630. The number of nitro groups is 1. The molecule has 0 unspecified atom stereocenters. The molecule has 0 bridgehead atoms. The van der Waals surface area contributed by atoms with Gasteiger partial charge in [0.1, 0.15) is 0 Å². The van der Waals surface area contributed by atoms with Crippen molar-refractivity contribution in [1.82, 2.24) is 4.72 Å². The normalized spacial score (nSPS) is 11.3. The second kappa shape index (κ2) is 5.97. The zero-order chi connectivity index (χ0) is 15.5. The molecular weight excluding hydrogens is 288 g/mol. The molecule has 20 heavy (non-hydrogen) atoms. The highest BCUT2D eigenvalue weighted by Gasteiger charge is 2.22. The molecule has 0 aliphatic carbocycles. The number of benzene rings is 1. The highest BCUT2D eigenvalue weighted by Crippen LogP contribution is 2.25. The van der Waals surface area contributed by atoms with Gasteiger partial charge in [0.15, 0.2) is 0 Å². The number of sulfonamides is 1. The third-order valence-electron chi connectivity index (χ3n) is 2.56. The van der Waals surface area contributed by atoms with Crippen LogP contribution in [-0.2, 0) is 14.8 Å². The average Bonchev–Trinajstić information content (AvgIpc) is 2.26. The number of non-ortho nitro benzene ring substituents is 1. The van der Waals surface area contributed by atoms with E-state index in [0.717, 1.165) is 0 Å². The van der Waals surface area contributed by atoms with Crippen LogP contribution in [0.1, 0.15) is 17.5 Å². The van der Waals surface area contributed by atoms with E-state index in [-0.39, 0.29) is 34.7 Å². The third-order valence-corrected chi connectivity index (χ3v) is 4.32. The summed E-state index contributed by atoms with van der Waals surface area (Å²) in [6, 6.07) is 2.33. The summed E-state index contributed by atoms with van der Waals surface area (Å²) in [5.41, 5.74) is 0.281. The van der Waals surface area contributed by atoms with Gasteiger partial charge in [-0.25, -0.2) is 13.1 Å². The molecule has 0 fully saturated rings. The largest absolute Gasteiger partial charge is 0.481 e. The van der Waals surface area contributed by atoms with E-state index in [1.807, 2.05) is 0 Å². The summed E-state index contributed by atoms with van der Waals surface area (Å²) in [7, 11) is -3.90. The molecule has 0 aliphatic heterocycles. The summed E-state index contributed by atoms with van der Waals surface area (Å²) in [5, 5.41) is 19.2. The molecule has 0 spiro atoms. The maximum Gasteiger partial charge on any atom is 0.304 e. The molecular formula is C11H14N2O6S. The average molecular weight is 302 g/mol. The number of aliphatic carboxylic acids is 1. The first-order valence-electron chi connectivity index (χ1n) is 5.62. The Balaban J connectivity index is 3.13. The van der Waals surface area contributed by atoms with Crippen LogP contribution in [0, 0.1) is 24.0 Å². The standard InChI is InChI=1S/C11H14N2O6S/c1-7-5-9(13(16)17)6-8(2)11(7)20(18,19)12-4-3-10(14)15/h5-6,12H,3-4H2,1-2H3,(H,14,15). The zero-order valence-electron chi connectivity index (χ0n) is 10.9. The van der Waals surface area contributed by atoms with Crippen molar-refractivity contribution in [2.45, 2.75) is 25.2 Å². The van der Waals surface area contributed by atoms with Crippen LogP contribution in [0.3, 0.4) is 0 Å². The lowest BCUT2D eigenvalue weighted by Crippen LogP contribution is -2.27. The van der Waals surface area contributed by atoms with Gasteiger partial charge < -0.3 is 5.11 Å². The predicted octanol–water partition coefficient (Wildman–Crippen LogP) is 0.965. The Labute approximate surface area is 115 Å².